The van der Waals surface area contributed by atoms with Crippen LogP contribution in [0.5, 0.6) is 0 Å². The van der Waals surface area contributed by atoms with E-state index in [0.29, 0.717) is 12.6 Å². The number of benzene rings is 1. The van der Waals surface area contributed by atoms with E-state index in [1.165, 1.54) is 30.2 Å². The Balaban J connectivity index is 1.55. The molecule has 1 aliphatic rings. The molecule has 0 saturated carbocycles. The van der Waals surface area contributed by atoms with Gasteiger partial charge in [-0.15, -0.1) is 0 Å². The van der Waals surface area contributed by atoms with Crippen molar-refractivity contribution >= 4 is 10.9 Å². The third-order valence-corrected chi connectivity index (χ3v) is 4.30. The van der Waals surface area contributed by atoms with Crippen molar-refractivity contribution in [2.45, 2.75) is 51.8 Å². The average Bonchev–Trinajstić information content (AvgIpc) is 2.91. The zero-order valence-corrected chi connectivity index (χ0v) is 12.8. The molecule has 2 aromatic rings. The van der Waals surface area contributed by atoms with Crippen LogP contribution in [0.3, 0.4) is 0 Å². The summed E-state index contributed by atoms with van der Waals surface area (Å²) in [5, 5.41) is 9.45. The second-order valence-corrected chi connectivity index (χ2v) is 5.77. The zero-order chi connectivity index (χ0) is 14.5. The molecule has 2 heterocycles. The van der Waals surface area contributed by atoms with Gasteiger partial charge < -0.3 is 10.1 Å². The van der Waals surface area contributed by atoms with Crippen molar-refractivity contribution in [3.63, 3.8) is 0 Å². The molecule has 1 aromatic carbocycles. The zero-order valence-electron chi connectivity index (χ0n) is 12.8. The number of hydrogen-bond acceptors (Lipinski definition) is 3. The Kier molecular flexibility index (Phi) is 4.88. The summed E-state index contributed by atoms with van der Waals surface area (Å²) in [6.07, 6.45) is 5.06. The van der Waals surface area contributed by atoms with Crippen molar-refractivity contribution in [2.75, 3.05) is 13.2 Å². The summed E-state index contributed by atoms with van der Waals surface area (Å²) in [6.45, 7) is 5.60. The van der Waals surface area contributed by atoms with Crippen molar-refractivity contribution in [1.29, 1.82) is 0 Å². The summed E-state index contributed by atoms with van der Waals surface area (Å²) in [7, 11) is 0. The quantitative estimate of drug-likeness (QED) is 0.830. The van der Waals surface area contributed by atoms with E-state index in [0.717, 1.165) is 31.8 Å². The molecule has 4 heteroatoms. The van der Waals surface area contributed by atoms with Gasteiger partial charge in [-0.3, -0.25) is 4.68 Å². The van der Waals surface area contributed by atoms with Gasteiger partial charge >= 0.3 is 0 Å². The van der Waals surface area contributed by atoms with Crippen molar-refractivity contribution in [1.82, 2.24) is 15.1 Å². The highest BCUT2D eigenvalue weighted by molar-refractivity contribution is 5.81. The molecule has 0 radical (unpaired) electrons. The summed E-state index contributed by atoms with van der Waals surface area (Å²) in [5.41, 5.74) is 2.26. The standard InChI is InChI=1S/C17H25N3O/c1-2-20-17-9-4-3-8-15(17)16(19-20)13-21-12-10-14-7-5-6-11-18-14/h3-4,8-9,14,18H,2,5-7,10-13H2,1H3. The lowest BCUT2D eigenvalue weighted by atomic mass is 10.0. The topological polar surface area (TPSA) is 39.1 Å². The molecule has 0 aliphatic carbocycles. The third-order valence-electron chi connectivity index (χ3n) is 4.30. The van der Waals surface area contributed by atoms with E-state index in [9.17, 15) is 0 Å². The summed E-state index contributed by atoms with van der Waals surface area (Å²) in [4.78, 5) is 0. The summed E-state index contributed by atoms with van der Waals surface area (Å²) in [6, 6.07) is 9.04. The first-order valence-electron chi connectivity index (χ1n) is 8.14. The largest absolute Gasteiger partial charge is 0.375 e. The molecular formula is C17H25N3O. The average molecular weight is 287 g/mol. The number of nitrogens with zero attached hydrogens (tertiary/aromatic N) is 2. The molecule has 1 aliphatic heterocycles. The molecule has 0 bridgehead atoms. The van der Waals surface area contributed by atoms with Crippen LogP contribution in [0.1, 0.15) is 38.3 Å². The van der Waals surface area contributed by atoms with E-state index in [4.69, 9.17) is 4.74 Å². The smallest absolute Gasteiger partial charge is 0.0960 e. The second kappa shape index (κ2) is 7.05. The molecule has 1 fully saturated rings. The number of nitrogens with one attached hydrogen (secondary N) is 1. The van der Waals surface area contributed by atoms with Crippen LogP contribution in [0.4, 0.5) is 0 Å². The number of fused-ring (bicyclic) bond motifs is 1. The van der Waals surface area contributed by atoms with Gasteiger partial charge in [-0.25, -0.2) is 0 Å². The van der Waals surface area contributed by atoms with Crippen LogP contribution < -0.4 is 5.32 Å². The number of rotatable bonds is 6. The predicted molar refractivity (Wildman–Crippen MR) is 85.3 cm³/mol. The molecule has 114 valence electrons. The van der Waals surface area contributed by atoms with Crippen LogP contribution in [0.2, 0.25) is 0 Å². The third kappa shape index (κ3) is 3.44. The fourth-order valence-electron chi connectivity index (χ4n) is 3.11. The molecule has 0 amide bonds. The minimum atomic E-state index is 0.611. The first kappa shape index (κ1) is 14.5. The van der Waals surface area contributed by atoms with Gasteiger partial charge in [0.05, 0.1) is 17.8 Å². The predicted octanol–water partition coefficient (Wildman–Crippen LogP) is 3.11. The molecule has 1 aromatic heterocycles. The summed E-state index contributed by atoms with van der Waals surface area (Å²) >= 11 is 0. The van der Waals surface area contributed by atoms with Crippen molar-refractivity contribution < 1.29 is 4.74 Å². The lowest BCUT2D eigenvalue weighted by molar-refractivity contribution is 0.106. The first-order chi connectivity index (χ1) is 10.4. The normalized spacial score (nSPS) is 19.2. The highest BCUT2D eigenvalue weighted by Gasteiger charge is 2.13. The van der Waals surface area contributed by atoms with E-state index < -0.39 is 0 Å². The SMILES string of the molecule is CCn1nc(COCCC2CCCCN2)c2ccccc21. The Hall–Kier alpha value is -1.39. The molecule has 1 N–H and O–H groups in total. The fraction of sp³-hybridized carbons (Fsp3) is 0.588. The second-order valence-electron chi connectivity index (χ2n) is 5.77. The van der Waals surface area contributed by atoms with Gasteiger partial charge in [-0.1, -0.05) is 24.6 Å². The molecule has 21 heavy (non-hydrogen) atoms. The number of hydrogen-bond donors (Lipinski definition) is 1. The van der Waals surface area contributed by atoms with E-state index in [2.05, 4.69) is 46.3 Å². The molecule has 1 unspecified atom stereocenters. The van der Waals surface area contributed by atoms with Gasteiger partial charge in [-0.05, 0) is 38.8 Å². The van der Waals surface area contributed by atoms with E-state index in [1.807, 2.05) is 0 Å². The maximum Gasteiger partial charge on any atom is 0.0960 e. The Bertz CT molecular complexity index is 572. The Labute approximate surface area is 126 Å². The van der Waals surface area contributed by atoms with Gasteiger partial charge in [0.25, 0.3) is 0 Å². The number of para-hydroxylation sites is 1. The van der Waals surface area contributed by atoms with Crippen LogP contribution in [-0.4, -0.2) is 29.0 Å². The Morgan fingerprint density at radius 2 is 2.24 bits per heavy atom. The van der Waals surface area contributed by atoms with E-state index >= 15 is 0 Å². The molecule has 1 saturated heterocycles. The van der Waals surface area contributed by atoms with Gasteiger partial charge in [0.2, 0.25) is 0 Å². The lowest BCUT2D eigenvalue weighted by Crippen LogP contribution is -2.34. The minimum Gasteiger partial charge on any atom is -0.375 e. The molecule has 1 atom stereocenters. The first-order valence-corrected chi connectivity index (χ1v) is 8.14. The van der Waals surface area contributed by atoms with Gasteiger partial charge in [0.15, 0.2) is 0 Å². The van der Waals surface area contributed by atoms with E-state index in [1.54, 1.807) is 0 Å². The van der Waals surface area contributed by atoms with Crippen LogP contribution >= 0.6 is 0 Å². The van der Waals surface area contributed by atoms with Crippen molar-refractivity contribution in [3.8, 4) is 0 Å². The highest BCUT2D eigenvalue weighted by atomic mass is 16.5. The molecular weight excluding hydrogens is 262 g/mol. The van der Waals surface area contributed by atoms with Crippen LogP contribution in [-0.2, 0) is 17.9 Å². The van der Waals surface area contributed by atoms with Crippen LogP contribution in [0, 0.1) is 0 Å². The van der Waals surface area contributed by atoms with Gasteiger partial charge in [0, 0.05) is 24.6 Å². The Morgan fingerprint density at radius 3 is 3.05 bits per heavy atom. The maximum absolute atomic E-state index is 5.87. The van der Waals surface area contributed by atoms with Crippen LogP contribution in [0.15, 0.2) is 24.3 Å². The van der Waals surface area contributed by atoms with E-state index in [-0.39, 0.29) is 0 Å². The van der Waals surface area contributed by atoms with Gasteiger partial charge in [0.1, 0.15) is 0 Å². The molecule has 0 spiro atoms. The number of aryl methyl sites for hydroxylation is 1. The summed E-state index contributed by atoms with van der Waals surface area (Å²) < 4.78 is 7.92. The maximum atomic E-state index is 5.87. The van der Waals surface area contributed by atoms with Crippen molar-refractivity contribution in [3.05, 3.63) is 30.0 Å². The molecule has 4 nitrogen and oxygen atoms in total. The minimum absolute atomic E-state index is 0.611. The fourth-order valence-corrected chi connectivity index (χ4v) is 3.11. The van der Waals surface area contributed by atoms with Crippen molar-refractivity contribution in [2.24, 2.45) is 0 Å². The summed E-state index contributed by atoms with van der Waals surface area (Å²) in [5.74, 6) is 0. The van der Waals surface area contributed by atoms with Crippen LogP contribution in [0.25, 0.3) is 10.9 Å². The number of ether oxygens (including phenoxy) is 1. The lowest BCUT2D eigenvalue weighted by Gasteiger charge is -2.23. The number of aromatic nitrogens is 2. The number of piperidine rings is 1. The van der Waals surface area contributed by atoms with Gasteiger partial charge in [-0.2, -0.15) is 5.10 Å². The highest BCUT2D eigenvalue weighted by Crippen LogP contribution is 2.19. The molecule has 3 rings (SSSR count). The Morgan fingerprint density at radius 1 is 1.33 bits per heavy atom. The monoisotopic (exact) mass is 287 g/mol.